The van der Waals surface area contributed by atoms with Gasteiger partial charge in [-0.1, -0.05) is 36.4 Å². The quantitative estimate of drug-likeness (QED) is 0.856. The summed E-state index contributed by atoms with van der Waals surface area (Å²) in [6.07, 6.45) is 3.31. The first kappa shape index (κ1) is 17.2. The first-order valence-electron chi connectivity index (χ1n) is 8.84. The predicted molar refractivity (Wildman–Crippen MR) is 98.4 cm³/mol. The Labute approximate surface area is 149 Å². The summed E-state index contributed by atoms with van der Waals surface area (Å²) in [6.45, 7) is 2.17. The van der Waals surface area contributed by atoms with Gasteiger partial charge in [-0.3, -0.25) is 9.59 Å². The van der Waals surface area contributed by atoms with Crippen molar-refractivity contribution in [3.05, 3.63) is 71.3 Å². The Balaban J connectivity index is 1.71. The van der Waals surface area contributed by atoms with Crippen molar-refractivity contribution in [2.24, 2.45) is 0 Å². The molecule has 1 aliphatic rings. The Morgan fingerprint density at radius 2 is 1.60 bits per heavy atom. The average molecular weight is 336 g/mol. The van der Waals surface area contributed by atoms with Crippen LogP contribution in [0.1, 0.15) is 45.5 Å². The number of amides is 2. The molecule has 2 amide bonds. The molecule has 25 heavy (non-hydrogen) atoms. The van der Waals surface area contributed by atoms with E-state index in [4.69, 9.17) is 0 Å². The maximum absolute atomic E-state index is 12.7. The van der Waals surface area contributed by atoms with Crippen LogP contribution < -0.4 is 0 Å². The van der Waals surface area contributed by atoms with Gasteiger partial charge in [0.05, 0.1) is 0 Å². The monoisotopic (exact) mass is 336 g/mol. The molecule has 2 aromatic rings. The number of hydrogen-bond donors (Lipinski definition) is 0. The number of carbonyl (C=O) groups excluding carboxylic acids is 2. The van der Waals surface area contributed by atoms with Crippen LogP contribution in [0.4, 0.5) is 0 Å². The normalized spacial score (nSPS) is 14.2. The number of piperidine rings is 1. The molecule has 0 bridgehead atoms. The molecule has 1 aliphatic heterocycles. The van der Waals surface area contributed by atoms with E-state index in [1.165, 1.54) is 6.42 Å². The lowest BCUT2D eigenvalue weighted by Gasteiger charge is -2.27. The van der Waals surface area contributed by atoms with Crippen LogP contribution in [0.25, 0.3) is 0 Å². The maximum atomic E-state index is 12.7. The van der Waals surface area contributed by atoms with Crippen LogP contribution in [0.3, 0.4) is 0 Å². The van der Waals surface area contributed by atoms with Crippen LogP contribution in [0, 0.1) is 0 Å². The number of carbonyl (C=O) groups is 2. The predicted octanol–water partition coefficient (Wildman–Crippen LogP) is 3.58. The summed E-state index contributed by atoms with van der Waals surface area (Å²) < 4.78 is 0. The first-order chi connectivity index (χ1) is 12.1. The fraction of sp³-hybridized carbons (Fsp3) is 0.333. The molecule has 0 saturated carbocycles. The molecule has 130 valence electrons. The second-order valence-corrected chi connectivity index (χ2v) is 6.58. The standard InChI is InChI=1S/C21H24N2O2/c1-22(16-17-9-4-2-5-10-17)20(24)18-11-8-12-19(15-18)21(25)23-13-6-3-7-14-23/h2,4-5,8-12,15H,3,6-7,13-14,16H2,1H3. The van der Waals surface area contributed by atoms with Crippen molar-refractivity contribution in [1.82, 2.24) is 9.80 Å². The van der Waals surface area contributed by atoms with Crippen LogP contribution in [0.5, 0.6) is 0 Å². The Bertz CT molecular complexity index is 737. The van der Waals surface area contributed by atoms with E-state index in [-0.39, 0.29) is 11.8 Å². The first-order valence-corrected chi connectivity index (χ1v) is 8.84. The molecule has 0 atom stereocenters. The summed E-state index contributed by atoms with van der Waals surface area (Å²) in [5.41, 5.74) is 2.24. The third-order valence-corrected chi connectivity index (χ3v) is 4.61. The van der Waals surface area contributed by atoms with Gasteiger partial charge in [0.2, 0.25) is 0 Å². The van der Waals surface area contributed by atoms with E-state index in [0.29, 0.717) is 17.7 Å². The van der Waals surface area contributed by atoms with Crippen molar-refractivity contribution >= 4 is 11.8 Å². The fourth-order valence-corrected chi connectivity index (χ4v) is 3.21. The van der Waals surface area contributed by atoms with Crippen molar-refractivity contribution in [3.8, 4) is 0 Å². The van der Waals surface area contributed by atoms with Crippen LogP contribution in [-0.4, -0.2) is 41.8 Å². The minimum atomic E-state index is -0.0721. The van der Waals surface area contributed by atoms with Gasteiger partial charge in [-0.2, -0.15) is 0 Å². The summed E-state index contributed by atoms with van der Waals surface area (Å²) in [6, 6.07) is 17.0. The molecule has 1 saturated heterocycles. The lowest BCUT2D eigenvalue weighted by Crippen LogP contribution is -2.35. The van der Waals surface area contributed by atoms with Gasteiger partial charge >= 0.3 is 0 Å². The zero-order valence-electron chi connectivity index (χ0n) is 14.6. The molecule has 0 radical (unpaired) electrons. The van der Waals surface area contributed by atoms with Gasteiger partial charge in [-0.05, 0) is 43.0 Å². The maximum Gasteiger partial charge on any atom is 0.253 e. The van der Waals surface area contributed by atoms with Crippen molar-refractivity contribution in [2.45, 2.75) is 25.8 Å². The molecule has 4 heteroatoms. The Morgan fingerprint density at radius 1 is 0.920 bits per heavy atom. The molecule has 1 heterocycles. The van der Waals surface area contributed by atoms with Crippen molar-refractivity contribution in [2.75, 3.05) is 20.1 Å². The zero-order chi connectivity index (χ0) is 17.6. The van der Waals surface area contributed by atoms with Gasteiger partial charge in [-0.25, -0.2) is 0 Å². The number of likely N-dealkylation sites (tertiary alicyclic amines) is 1. The SMILES string of the molecule is CN(Cc1ccccc1)C(=O)c1cccc(C(=O)N2CCCCC2)c1. The molecule has 2 aromatic carbocycles. The fourth-order valence-electron chi connectivity index (χ4n) is 3.21. The highest BCUT2D eigenvalue weighted by molar-refractivity contribution is 5.99. The summed E-state index contributed by atoms with van der Waals surface area (Å²) in [4.78, 5) is 28.9. The highest BCUT2D eigenvalue weighted by Crippen LogP contribution is 2.15. The third kappa shape index (κ3) is 4.27. The summed E-state index contributed by atoms with van der Waals surface area (Å²) in [7, 11) is 1.79. The molecule has 0 aromatic heterocycles. The van der Waals surface area contributed by atoms with Gasteiger partial charge < -0.3 is 9.80 Å². The van der Waals surface area contributed by atoms with Gasteiger partial charge in [0.25, 0.3) is 11.8 Å². The molecular formula is C21H24N2O2. The molecular weight excluding hydrogens is 312 g/mol. The van der Waals surface area contributed by atoms with Gasteiger partial charge in [0.15, 0.2) is 0 Å². The molecule has 0 spiro atoms. The van der Waals surface area contributed by atoms with Crippen LogP contribution in [-0.2, 0) is 6.54 Å². The highest BCUT2D eigenvalue weighted by Gasteiger charge is 2.20. The molecule has 4 nitrogen and oxygen atoms in total. The second kappa shape index (κ2) is 7.97. The number of benzene rings is 2. The van der Waals surface area contributed by atoms with Gasteiger partial charge in [0.1, 0.15) is 0 Å². The van der Waals surface area contributed by atoms with E-state index < -0.39 is 0 Å². The molecule has 0 aliphatic carbocycles. The van der Waals surface area contributed by atoms with Gasteiger partial charge in [0, 0.05) is 37.8 Å². The zero-order valence-corrected chi connectivity index (χ0v) is 14.6. The minimum absolute atomic E-state index is 0.0278. The molecule has 0 unspecified atom stereocenters. The van der Waals surface area contributed by atoms with Crippen LogP contribution in [0.2, 0.25) is 0 Å². The molecule has 1 fully saturated rings. The Kier molecular flexibility index (Phi) is 5.49. The second-order valence-electron chi connectivity index (χ2n) is 6.58. The summed E-state index contributed by atoms with van der Waals surface area (Å²) in [5, 5.41) is 0. The highest BCUT2D eigenvalue weighted by atomic mass is 16.2. The smallest absolute Gasteiger partial charge is 0.253 e. The van der Waals surface area contributed by atoms with E-state index in [1.54, 1.807) is 36.2 Å². The molecule has 0 N–H and O–H groups in total. The van der Waals surface area contributed by atoms with E-state index in [1.807, 2.05) is 35.2 Å². The number of hydrogen-bond acceptors (Lipinski definition) is 2. The van der Waals surface area contributed by atoms with E-state index in [9.17, 15) is 9.59 Å². The average Bonchev–Trinajstić information content (AvgIpc) is 2.68. The minimum Gasteiger partial charge on any atom is -0.339 e. The topological polar surface area (TPSA) is 40.6 Å². The summed E-state index contributed by atoms with van der Waals surface area (Å²) >= 11 is 0. The largest absolute Gasteiger partial charge is 0.339 e. The number of rotatable bonds is 4. The third-order valence-electron chi connectivity index (χ3n) is 4.61. The molecule has 3 rings (SSSR count). The van der Waals surface area contributed by atoms with E-state index in [0.717, 1.165) is 31.5 Å². The van der Waals surface area contributed by atoms with E-state index >= 15 is 0 Å². The van der Waals surface area contributed by atoms with Crippen molar-refractivity contribution in [3.63, 3.8) is 0 Å². The summed E-state index contributed by atoms with van der Waals surface area (Å²) in [5.74, 6) is -0.0443. The van der Waals surface area contributed by atoms with Crippen molar-refractivity contribution < 1.29 is 9.59 Å². The van der Waals surface area contributed by atoms with E-state index in [2.05, 4.69) is 0 Å². The lowest BCUT2D eigenvalue weighted by molar-refractivity contribution is 0.0724. The number of nitrogens with zero attached hydrogens (tertiary/aromatic N) is 2. The van der Waals surface area contributed by atoms with Gasteiger partial charge in [-0.15, -0.1) is 0 Å². The Morgan fingerprint density at radius 3 is 2.32 bits per heavy atom. The van der Waals surface area contributed by atoms with Crippen LogP contribution in [0.15, 0.2) is 54.6 Å². The lowest BCUT2D eigenvalue weighted by atomic mass is 10.1. The van der Waals surface area contributed by atoms with Crippen LogP contribution >= 0.6 is 0 Å². The van der Waals surface area contributed by atoms with Crippen molar-refractivity contribution in [1.29, 1.82) is 0 Å². The Hall–Kier alpha value is -2.62.